The van der Waals surface area contributed by atoms with Crippen molar-refractivity contribution in [2.75, 3.05) is 6.61 Å². The largest absolute Gasteiger partial charge is 0.394 e. The number of nitrogens with two attached hydrogens (primary N) is 1. The molecule has 4 atom stereocenters. The lowest BCUT2D eigenvalue weighted by molar-refractivity contribution is -0.118. The van der Waals surface area contributed by atoms with Gasteiger partial charge >= 0.3 is 0 Å². The second-order valence-electron chi connectivity index (χ2n) is 2.44. The summed E-state index contributed by atoms with van der Waals surface area (Å²) in [4.78, 5) is 10.0. The van der Waals surface area contributed by atoms with Crippen molar-refractivity contribution in [3.8, 4) is 0 Å². The molecule has 0 saturated heterocycles. The Morgan fingerprint density at radius 2 is 1.75 bits per heavy atom. The summed E-state index contributed by atoms with van der Waals surface area (Å²) < 4.78 is 0. The third-order valence-corrected chi connectivity index (χ3v) is 1.48. The predicted octanol–water partition coefficient (Wildman–Crippen LogP) is -3.41. The molecule has 3 unspecified atom stereocenters. The molecular formula is C6H13NO5. The van der Waals surface area contributed by atoms with Crippen molar-refractivity contribution in [3.05, 3.63) is 0 Å². The van der Waals surface area contributed by atoms with Crippen LogP contribution in [-0.2, 0) is 4.79 Å². The topological polar surface area (TPSA) is 124 Å². The molecule has 0 bridgehead atoms. The van der Waals surface area contributed by atoms with E-state index in [1.165, 1.54) is 0 Å². The molecular weight excluding hydrogens is 166 g/mol. The number of aliphatic hydroxyl groups is 4. The maximum absolute atomic E-state index is 10.0. The van der Waals surface area contributed by atoms with Gasteiger partial charge in [0.2, 0.25) is 0 Å². The fraction of sp³-hybridized carbons (Fsp3) is 0.833. The van der Waals surface area contributed by atoms with Crippen LogP contribution in [0.25, 0.3) is 0 Å². The van der Waals surface area contributed by atoms with Gasteiger partial charge in [0.1, 0.15) is 24.6 Å². The first-order chi connectivity index (χ1) is 5.54. The Bertz CT molecular complexity index is 142. The van der Waals surface area contributed by atoms with Crippen LogP contribution in [0.5, 0.6) is 0 Å². The van der Waals surface area contributed by atoms with Crippen LogP contribution >= 0.6 is 0 Å². The molecule has 0 amide bonds. The Morgan fingerprint density at radius 1 is 1.25 bits per heavy atom. The quantitative estimate of drug-likeness (QED) is 0.280. The number of aldehydes is 1. The van der Waals surface area contributed by atoms with Crippen LogP contribution < -0.4 is 5.73 Å². The normalized spacial score (nSPS) is 21.1. The molecule has 0 heterocycles. The molecule has 12 heavy (non-hydrogen) atoms. The van der Waals surface area contributed by atoms with Crippen LogP contribution in [0.2, 0.25) is 0 Å². The molecule has 0 rings (SSSR count). The Hall–Kier alpha value is -0.530. The standard InChI is InChI=1S/C6H13NO5/c7-3(1-8)5(11)6(12)4(10)2-9/h1,3-6,9-12H,2,7H2/t3-,4?,5?,6?/m0/s1. The van der Waals surface area contributed by atoms with Crippen molar-refractivity contribution in [1.82, 2.24) is 0 Å². The Balaban J connectivity index is 4.07. The van der Waals surface area contributed by atoms with E-state index in [1.807, 2.05) is 0 Å². The highest BCUT2D eigenvalue weighted by Crippen LogP contribution is 2.01. The molecule has 0 spiro atoms. The lowest BCUT2D eigenvalue weighted by Gasteiger charge is -2.23. The van der Waals surface area contributed by atoms with Gasteiger partial charge in [-0.15, -0.1) is 0 Å². The summed E-state index contributed by atoms with van der Waals surface area (Å²) in [6.07, 6.45) is -4.43. The van der Waals surface area contributed by atoms with Gasteiger partial charge in [-0.1, -0.05) is 0 Å². The summed E-state index contributed by atoms with van der Waals surface area (Å²) in [6, 6.07) is -1.26. The number of aliphatic hydroxyl groups excluding tert-OH is 4. The average Bonchev–Trinajstić information content (AvgIpc) is 2.12. The van der Waals surface area contributed by atoms with E-state index in [0.717, 1.165) is 0 Å². The van der Waals surface area contributed by atoms with Gasteiger partial charge in [-0.05, 0) is 0 Å². The van der Waals surface area contributed by atoms with Crippen LogP contribution in [0.1, 0.15) is 0 Å². The van der Waals surface area contributed by atoms with Gasteiger partial charge in [0, 0.05) is 0 Å². The molecule has 72 valence electrons. The van der Waals surface area contributed by atoms with Crippen LogP contribution in [0.3, 0.4) is 0 Å². The molecule has 0 saturated carbocycles. The number of hydrogen-bond donors (Lipinski definition) is 5. The summed E-state index contributed by atoms with van der Waals surface area (Å²) in [5, 5.41) is 35.2. The van der Waals surface area contributed by atoms with Gasteiger partial charge in [-0.2, -0.15) is 0 Å². The van der Waals surface area contributed by atoms with Crippen LogP contribution in [0.15, 0.2) is 0 Å². The second-order valence-corrected chi connectivity index (χ2v) is 2.44. The van der Waals surface area contributed by atoms with Crippen molar-refractivity contribution >= 4 is 6.29 Å². The zero-order valence-electron chi connectivity index (χ0n) is 6.37. The second kappa shape index (κ2) is 5.18. The Kier molecular flexibility index (Phi) is 4.95. The van der Waals surface area contributed by atoms with E-state index in [2.05, 4.69) is 0 Å². The van der Waals surface area contributed by atoms with Gasteiger partial charge in [0.15, 0.2) is 0 Å². The van der Waals surface area contributed by atoms with Crippen molar-refractivity contribution in [1.29, 1.82) is 0 Å². The van der Waals surface area contributed by atoms with Crippen LogP contribution in [-0.4, -0.2) is 57.7 Å². The summed E-state index contributed by atoms with van der Waals surface area (Å²) in [5.41, 5.74) is 5.04. The van der Waals surface area contributed by atoms with E-state index in [4.69, 9.17) is 26.2 Å². The van der Waals surface area contributed by atoms with Crippen LogP contribution in [0.4, 0.5) is 0 Å². The van der Waals surface area contributed by atoms with Crippen molar-refractivity contribution < 1.29 is 25.2 Å². The van der Waals surface area contributed by atoms with E-state index < -0.39 is 31.0 Å². The van der Waals surface area contributed by atoms with E-state index in [-0.39, 0.29) is 6.29 Å². The Morgan fingerprint density at radius 3 is 2.08 bits per heavy atom. The number of rotatable bonds is 5. The van der Waals surface area contributed by atoms with Crippen molar-refractivity contribution in [3.63, 3.8) is 0 Å². The SMILES string of the molecule is N[C@@H](C=O)C(O)C(O)C(O)CO. The number of hydrogen-bond acceptors (Lipinski definition) is 6. The lowest BCUT2D eigenvalue weighted by Crippen LogP contribution is -2.49. The highest BCUT2D eigenvalue weighted by Gasteiger charge is 2.28. The van der Waals surface area contributed by atoms with Crippen LogP contribution in [0, 0.1) is 0 Å². The first-order valence-corrected chi connectivity index (χ1v) is 3.40. The van der Waals surface area contributed by atoms with Crippen molar-refractivity contribution in [2.24, 2.45) is 5.73 Å². The number of carbonyl (C=O) groups excluding carboxylic acids is 1. The fourth-order valence-corrected chi connectivity index (χ4v) is 0.644. The van der Waals surface area contributed by atoms with Gasteiger partial charge < -0.3 is 31.0 Å². The first-order valence-electron chi connectivity index (χ1n) is 3.40. The van der Waals surface area contributed by atoms with Gasteiger partial charge in [-0.3, -0.25) is 0 Å². The predicted molar refractivity (Wildman–Crippen MR) is 39.1 cm³/mol. The smallest absolute Gasteiger partial charge is 0.139 e. The summed E-state index contributed by atoms with van der Waals surface area (Å²) in [5.74, 6) is 0. The first kappa shape index (κ1) is 11.5. The highest BCUT2D eigenvalue weighted by atomic mass is 16.4. The van der Waals surface area contributed by atoms with E-state index >= 15 is 0 Å². The van der Waals surface area contributed by atoms with Gasteiger partial charge in [0.25, 0.3) is 0 Å². The van der Waals surface area contributed by atoms with E-state index in [9.17, 15) is 4.79 Å². The molecule has 0 fully saturated rings. The molecule has 6 N–H and O–H groups in total. The van der Waals surface area contributed by atoms with Gasteiger partial charge in [-0.25, -0.2) is 0 Å². The zero-order chi connectivity index (χ0) is 9.72. The van der Waals surface area contributed by atoms with E-state index in [0.29, 0.717) is 0 Å². The minimum Gasteiger partial charge on any atom is -0.394 e. The summed E-state index contributed by atoms with van der Waals surface area (Å²) in [7, 11) is 0. The highest BCUT2D eigenvalue weighted by molar-refractivity contribution is 5.58. The molecule has 0 aliphatic rings. The number of carbonyl (C=O) groups is 1. The lowest BCUT2D eigenvalue weighted by atomic mass is 10.0. The average molecular weight is 179 g/mol. The fourth-order valence-electron chi connectivity index (χ4n) is 0.644. The minimum atomic E-state index is -1.62. The monoisotopic (exact) mass is 179 g/mol. The molecule has 0 aliphatic carbocycles. The zero-order valence-corrected chi connectivity index (χ0v) is 6.37. The van der Waals surface area contributed by atoms with Gasteiger partial charge in [0.05, 0.1) is 12.6 Å². The third-order valence-electron chi connectivity index (χ3n) is 1.48. The molecule has 0 radical (unpaired) electrons. The van der Waals surface area contributed by atoms with Crippen molar-refractivity contribution in [2.45, 2.75) is 24.4 Å². The maximum atomic E-state index is 10.0. The molecule has 6 nitrogen and oxygen atoms in total. The minimum absolute atomic E-state index is 0.248. The summed E-state index contributed by atoms with van der Waals surface area (Å²) >= 11 is 0. The summed E-state index contributed by atoms with van der Waals surface area (Å²) in [6.45, 7) is -0.705. The third kappa shape index (κ3) is 2.84. The molecule has 0 aromatic heterocycles. The van der Waals surface area contributed by atoms with E-state index in [1.54, 1.807) is 0 Å². The Labute approximate surface area is 69.2 Å². The molecule has 0 aromatic carbocycles. The maximum Gasteiger partial charge on any atom is 0.139 e. The molecule has 6 heteroatoms. The molecule has 0 aromatic rings. The molecule has 0 aliphatic heterocycles.